The first kappa shape index (κ1) is 19.0. The minimum absolute atomic E-state index is 0.146. The zero-order valence-corrected chi connectivity index (χ0v) is 16.2. The van der Waals surface area contributed by atoms with Crippen molar-refractivity contribution >= 4 is 35.2 Å². The number of carbonyl (C=O) groups excluding carboxylic acids is 1. The van der Waals surface area contributed by atoms with Gasteiger partial charge in [0.15, 0.2) is 0 Å². The lowest BCUT2D eigenvalue weighted by Gasteiger charge is -2.26. The monoisotopic (exact) mass is 392 g/mol. The molecule has 1 aliphatic heterocycles. The second kappa shape index (κ2) is 8.71. The van der Waals surface area contributed by atoms with Crippen LogP contribution in [0.5, 0.6) is 0 Å². The average Bonchev–Trinajstić information content (AvgIpc) is 2.89. The zero-order valence-electron chi connectivity index (χ0n) is 14.7. The Labute approximate surface area is 163 Å². The summed E-state index contributed by atoms with van der Waals surface area (Å²) in [6, 6.07) is 7.56. The van der Waals surface area contributed by atoms with Crippen LogP contribution in [0.25, 0.3) is 6.08 Å². The maximum Gasteiger partial charge on any atom is 0.258 e. The molecule has 1 amide bonds. The minimum atomic E-state index is -0.146. The number of rotatable bonds is 5. The summed E-state index contributed by atoms with van der Waals surface area (Å²) >= 11 is 12.4. The first-order chi connectivity index (χ1) is 12.5. The zero-order chi connectivity index (χ0) is 18.5. The highest BCUT2D eigenvalue weighted by Crippen LogP contribution is 2.22. The Hall–Kier alpha value is -1.82. The fourth-order valence-corrected chi connectivity index (χ4v) is 3.41. The molecule has 0 aliphatic carbocycles. The first-order valence-electron chi connectivity index (χ1n) is 8.74. The molecule has 1 aromatic heterocycles. The van der Waals surface area contributed by atoms with Gasteiger partial charge in [-0.15, -0.1) is 0 Å². The first-order valence-corrected chi connectivity index (χ1v) is 9.49. The third kappa shape index (κ3) is 4.87. The molecule has 138 valence electrons. The van der Waals surface area contributed by atoms with Gasteiger partial charge in [0.05, 0.1) is 12.2 Å². The van der Waals surface area contributed by atoms with Gasteiger partial charge in [0.2, 0.25) is 0 Å². The molecule has 0 unspecified atom stereocenters. The molecule has 1 saturated heterocycles. The van der Waals surface area contributed by atoms with Crippen LogP contribution in [0.15, 0.2) is 30.3 Å². The molecular weight excluding hydrogens is 371 g/mol. The number of benzene rings is 1. The van der Waals surface area contributed by atoms with Crippen LogP contribution in [0.2, 0.25) is 10.2 Å². The van der Waals surface area contributed by atoms with Crippen LogP contribution in [0.3, 0.4) is 0 Å². The van der Waals surface area contributed by atoms with Crippen molar-refractivity contribution in [1.29, 1.82) is 0 Å². The molecule has 3 rings (SSSR count). The number of nitrogens with zero attached hydrogens (tertiary/aromatic N) is 3. The van der Waals surface area contributed by atoms with Gasteiger partial charge >= 0.3 is 0 Å². The van der Waals surface area contributed by atoms with Crippen LogP contribution >= 0.6 is 23.2 Å². The molecule has 2 aromatic rings. The van der Waals surface area contributed by atoms with Gasteiger partial charge in [-0.25, -0.2) is 9.69 Å². The number of halogens is 2. The summed E-state index contributed by atoms with van der Waals surface area (Å²) in [4.78, 5) is 12.1. The fraction of sp³-hybridized carbons (Fsp3) is 0.368. The van der Waals surface area contributed by atoms with Crippen molar-refractivity contribution in [2.24, 2.45) is 0 Å². The highest BCUT2D eigenvalue weighted by molar-refractivity contribution is 6.31. The topological polar surface area (TPSA) is 50.2 Å². The number of amides is 1. The molecule has 0 bridgehead atoms. The van der Waals surface area contributed by atoms with Crippen LogP contribution in [-0.4, -0.2) is 33.8 Å². The third-order valence-electron chi connectivity index (χ3n) is 4.38. The van der Waals surface area contributed by atoms with Crippen LogP contribution in [0, 0.1) is 6.92 Å². The third-order valence-corrected chi connectivity index (χ3v) is 5.03. The van der Waals surface area contributed by atoms with E-state index in [9.17, 15) is 4.79 Å². The molecule has 0 radical (unpaired) electrons. The van der Waals surface area contributed by atoms with Gasteiger partial charge in [-0.3, -0.25) is 10.2 Å². The van der Waals surface area contributed by atoms with E-state index in [-0.39, 0.29) is 5.91 Å². The number of hydrogen-bond acceptors (Lipinski definition) is 3. The summed E-state index contributed by atoms with van der Waals surface area (Å²) < 4.78 is 1.72. The van der Waals surface area contributed by atoms with E-state index in [0.29, 0.717) is 16.7 Å². The van der Waals surface area contributed by atoms with Crippen molar-refractivity contribution < 1.29 is 4.79 Å². The Morgan fingerprint density at radius 2 is 1.88 bits per heavy atom. The molecule has 2 heterocycles. The molecule has 26 heavy (non-hydrogen) atoms. The summed E-state index contributed by atoms with van der Waals surface area (Å²) in [5.74, 6) is -0.146. The molecule has 1 fully saturated rings. The smallest absolute Gasteiger partial charge is 0.258 e. The largest absolute Gasteiger partial charge is 0.285 e. The second-order valence-corrected chi connectivity index (χ2v) is 7.23. The number of aryl methyl sites for hydroxylation is 1. The normalized spacial score (nSPS) is 15.5. The summed E-state index contributed by atoms with van der Waals surface area (Å²) in [6.07, 6.45) is 6.70. The standard InChI is InChI=1S/C19H22Cl2N4O/c1-14-17(9-10-18(26)23-24-11-3-2-4-12-24)19(21)25(22-14)13-15-5-7-16(20)8-6-15/h5-10H,2-4,11-13H2,1H3,(H,23,26)/b10-9+. The van der Waals surface area contributed by atoms with Crippen LogP contribution < -0.4 is 5.43 Å². The Morgan fingerprint density at radius 3 is 2.58 bits per heavy atom. The molecule has 0 spiro atoms. The molecule has 1 N–H and O–H groups in total. The van der Waals surface area contributed by atoms with Gasteiger partial charge in [-0.1, -0.05) is 41.8 Å². The highest BCUT2D eigenvalue weighted by atomic mass is 35.5. The lowest BCUT2D eigenvalue weighted by molar-refractivity contribution is -0.121. The quantitative estimate of drug-likeness (QED) is 0.779. The second-order valence-electron chi connectivity index (χ2n) is 6.43. The molecule has 1 aromatic carbocycles. The van der Waals surface area contributed by atoms with Crippen molar-refractivity contribution in [3.05, 3.63) is 57.3 Å². The van der Waals surface area contributed by atoms with Crippen molar-refractivity contribution in [2.45, 2.75) is 32.7 Å². The Morgan fingerprint density at radius 1 is 1.19 bits per heavy atom. The molecule has 7 heteroatoms. The van der Waals surface area contributed by atoms with E-state index in [0.717, 1.165) is 42.8 Å². The van der Waals surface area contributed by atoms with E-state index < -0.39 is 0 Å². The van der Waals surface area contributed by atoms with Gasteiger partial charge in [0.25, 0.3) is 5.91 Å². The predicted molar refractivity (Wildman–Crippen MR) is 105 cm³/mol. The molecule has 1 aliphatic rings. The predicted octanol–water partition coefficient (Wildman–Crippen LogP) is 4.08. The number of hydrogen-bond donors (Lipinski definition) is 1. The van der Waals surface area contributed by atoms with Gasteiger partial charge in [-0.2, -0.15) is 5.10 Å². The fourth-order valence-electron chi connectivity index (χ4n) is 2.98. The van der Waals surface area contributed by atoms with Crippen molar-refractivity contribution in [2.75, 3.05) is 13.1 Å². The minimum Gasteiger partial charge on any atom is -0.285 e. The number of aromatic nitrogens is 2. The van der Waals surface area contributed by atoms with Gasteiger partial charge in [0, 0.05) is 29.8 Å². The summed E-state index contributed by atoms with van der Waals surface area (Å²) in [6.45, 7) is 4.23. The van der Waals surface area contributed by atoms with E-state index in [2.05, 4.69) is 10.5 Å². The number of piperidine rings is 1. The van der Waals surface area contributed by atoms with Gasteiger partial charge in [-0.05, 0) is 43.5 Å². The van der Waals surface area contributed by atoms with Gasteiger partial charge in [0.1, 0.15) is 5.15 Å². The van der Waals surface area contributed by atoms with E-state index >= 15 is 0 Å². The van der Waals surface area contributed by atoms with Gasteiger partial charge < -0.3 is 0 Å². The summed E-state index contributed by atoms with van der Waals surface area (Å²) in [5.41, 5.74) is 5.50. The van der Waals surface area contributed by atoms with E-state index in [4.69, 9.17) is 23.2 Å². The average molecular weight is 393 g/mol. The van der Waals surface area contributed by atoms with Crippen molar-refractivity contribution in [1.82, 2.24) is 20.2 Å². The highest BCUT2D eigenvalue weighted by Gasteiger charge is 2.13. The SMILES string of the molecule is Cc1nn(Cc2ccc(Cl)cc2)c(Cl)c1/C=C/C(=O)NN1CCCCC1. The Kier molecular flexibility index (Phi) is 6.35. The lowest BCUT2D eigenvalue weighted by Crippen LogP contribution is -2.44. The Bertz CT molecular complexity index is 793. The van der Waals surface area contributed by atoms with E-state index in [1.165, 1.54) is 12.5 Å². The molecule has 0 saturated carbocycles. The van der Waals surface area contributed by atoms with Crippen LogP contribution in [-0.2, 0) is 11.3 Å². The molecular formula is C19H22Cl2N4O. The lowest BCUT2D eigenvalue weighted by atomic mass is 10.2. The summed E-state index contributed by atoms with van der Waals surface area (Å²) in [5, 5.41) is 7.65. The van der Waals surface area contributed by atoms with E-state index in [1.54, 1.807) is 10.8 Å². The van der Waals surface area contributed by atoms with Crippen molar-refractivity contribution in [3.8, 4) is 0 Å². The molecule has 0 atom stereocenters. The Balaban J connectivity index is 1.67. The molecule has 5 nitrogen and oxygen atoms in total. The van der Waals surface area contributed by atoms with Crippen molar-refractivity contribution in [3.63, 3.8) is 0 Å². The van der Waals surface area contributed by atoms with E-state index in [1.807, 2.05) is 36.2 Å². The van der Waals surface area contributed by atoms with Crippen LogP contribution in [0.1, 0.15) is 36.1 Å². The maximum absolute atomic E-state index is 12.1. The number of carbonyl (C=O) groups is 1. The summed E-state index contributed by atoms with van der Waals surface area (Å²) in [7, 11) is 0. The number of hydrazine groups is 1. The maximum atomic E-state index is 12.1. The number of nitrogens with one attached hydrogen (secondary N) is 1. The van der Waals surface area contributed by atoms with Crippen LogP contribution in [0.4, 0.5) is 0 Å².